The molecule has 4 nitrogen and oxygen atoms in total. The SMILES string of the molecule is NC1CNCC(n2c3ccc(F)cc3c3cc(F)ccc32)C1O. The molecule has 1 fully saturated rings. The molecule has 3 aromatic rings. The number of benzene rings is 2. The first-order valence-corrected chi connectivity index (χ1v) is 7.59. The Hall–Kier alpha value is -2.02. The van der Waals surface area contributed by atoms with Crippen LogP contribution in [0.1, 0.15) is 6.04 Å². The van der Waals surface area contributed by atoms with E-state index in [-0.39, 0.29) is 23.7 Å². The molecule has 0 radical (unpaired) electrons. The topological polar surface area (TPSA) is 63.2 Å². The molecule has 0 spiro atoms. The molecule has 1 aliphatic rings. The van der Waals surface area contributed by atoms with Crippen molar-refractivity contribution >= 4 is 21.8 Å². The van der Waals surface area contributed by atoms with E-state index in [9.17, 15) is 13.9 Å². The number of hydrogen-bond acceptors (Lipinski definition) is 3. The average Bonchev–Trinajstić information content (AvgIpc) is 2.83. The molecular formula is C17H17F2N3O. The highest BCUT2D eigenvalue weighted by molar-refractivity contribution is 6.08. The van der Waals surface area contributed by atoms with Crippen LogP contribution in [0.5, 0.6) is 0 Å². The number of hydrogen-bond donors (Lipinski definition) is 3. The van der Waals surface area contributed by atoms with Gasteiger partial charge >= 0.3 is 0 Å². The van der Waals surface area contributed by atoms with Gasteiger partial charge in [-0.3, -0.25) is 0 Å². The fourth-order valence-corrected chi connectivity index (χ4v) is 3.52. The molecule has 4 rings (SSSR count). The largest absolute Gasteiger partial charge is 0.389 e. The third-order valence-corrected chi connectivity index (χ3v) is 4.62. The molecule has 1 saturated heterocycles. The van der Waals surface area contributed by atoms with Gasteiger partial charge in [0.05, 0.1) is 12.1 Å². The monoisotopic (exact) mass is 317 g/mol. The Kier molecular flexibility index (Phi) is 3.33. The number of fused-ring (bicyclic) bond motifs is 3. The van der Waals surface area contributed by atoms with Crippen molar-refractivity contribution in [3.63, 3.8) is 0 Å². The van der Waals surface area contributed by atoms with Gasteiger partial charge in [0.15, 0.2) is 0 Å². The molecule has 2 heterocycles. The second kappa shape index (κ2) is 5.26. The van der Waals surface area contributed by atoms with Crippen LogP contribution in [-0.4, -0.2) is 34.9 Å². The van der Waals surface area contributed by atoms with Gasteiger partial charge in [-0.05, 0) is 36.4 Å². The molecular weight excluding hydrogens is 300 g/mol. The second-order valence-corrected chi connectivity index (χ2v) is 6.07. The highest BCUT2D eigenvalue weighted by Gasteiger charge is 2.32. The van der Waals surface area contributed by atoms with Crippen LogP contribution in [-0.2, 0) is 0 Å². The Balaban J connectivity index is 2.04. The van der Waals surface area contributed by atoms with Gasteiger partial charge in [-0.2, -0.15) is 0 Å². The average molecular weight is 317 g/mol. The Bertz CT molecular complexity index is 833. The van der Waals surface area contributed by atoms with Crippen LogP contribution in [0.15, 0.2) is 36.4 Å². The molecule has 1 aromatic heterocycles. The third-order valence-electron chi connectivity index (χ3n) is 4.62. The zero-order valence-corrected chi connectivity index (χ0v) is 12.3. The van der Waals surface area contributed by atoms with Gasteiger partial charge in [-0.25, -0.2) is 8.78 Å². The number of nitrogens with zero attached hydrogens (tertiary/aromatic N) is 1. The number of halogens is 2. The van der Waals surface area contributed by atoms with Crippen molar-refractivity contribution in [1.29, 1.82) is 0 Å². The summed E-state index contributed by atoms with van der Waals surface area (Å²) in [6.07, 6.45) is -0.731. The molecule has 0 saturated carbocycles. The summed E-state index contributed by atoms with van der Waals surface area (Å²) in [6, 6.07) is 8.18. The number of aromatic nitrogens is 1. The lowest BCUT2D eigenvalue weighted by Gasteiger charge is -2.35. The lowest BCUT2D eigenvalue weighted by atomic mass is 9.99. The Labute approximate surface area is 131 Å². The molecule has 23 heavy (non-hydrogen) atoms. The second-order valence-electron chi connectivity index (χ2n) is 6.07. The lowest BCUT2D eigenvalue weighted by Crippen LogP contribution is -2.55. The van der Waals surface area contributed by atoms with Gasteiger partial charge in [0.25, 0.3) is 0 Å². The summed E-state index contributed by atoms with van der Waals surface area (Å²) in [6.45, 7) is 1.08. The van der Waals surface area contributed by atoms with E-state index in [2.05, 4.69) is 5.32 Å². The molecule has 4 N–H and O–H groups in total. The number of nitrogens with one attached hydrogen (secondary N) is 1. The maximum absolute atomic E-state index is 13.7. The van der Waals surface area contributed by atoms with Crippen molar-refractivity contribution in [1.82, 2.24) is 9.88 Å². The van der Waals surface area contributed by atoms with Gasteiger partial charge in [-0.15, -0.1) is 0 Å². The van der Waals surface area contributed by atoms with Crippen molar-refractivity contribution < 1.29 is 13.9 Å². The normalized spacial score (nSPS) is 25.3. The van der Waals surface area contributed by atoms with Crippen molar-refractivity contribution in [2.45, 2.75) is 18.2 Å². The number of nitrogens with two attached hydrogens (primary N) is 1. The highest BCUT2D eigenvalue weighted by Crippen LogP contribution is 2.34. The van der Waals surface area contributed by atoms with Crippen molar-refractivity contribution in [2.24, 2.45) is 5.73 Å². The minimum absolute atomic E-state index is 0.297. The fourth-order valence-electron chi connectivity index (χ4n) is 3.52. The standard InChI is InChI=1S/C17H17F2N3O/c18-9-1-3-14-11(5-9)12-6-10(19)2-4-15(12)22(14)16-8-21-7-13(20)17(16)23/h1-6,13,16-17,21,23H,7-8,20H2. The van der Waals surface area contributed by atoms with Crippen LogP contribution in [0.4, 0.5) is 8.78 Å². The maximum Gasteiger partial charge on any atom is 0.123 e. The first-order valence-electron chi connectivity index (χ1n) is 7.59. The zero-order chi connectivity index (χ0) is 16.1. The molecule has 6 heteroatoms. The van der Waals surface area contributed by atoms with E-state index in [1.54, 1.807) is 12.1 Å². The van der Waals surface area contributed by atoms with E-state index in [0.717, 1.165) is 11.0 Å². The highest BCUT2D eigenvalue weighted by atomic mass is 19.1. The predicted octanol–water partition coefficient (Wildman–Crippen LogP) is 1.91. The lowest BCUT2D eigenvalue weighted by molar-refractivity contribution is 0.0697. The molecule has 1 aliphatic heterocycles. The van der Waals surface area contributed by atoms with Gasteiger partial charge in [0.2, 0.25) is 0 Å². The van der Waals surface area contributed by atoms with E-state index < -0.39 is 6.10 Å². The van der Waals surface area contributed by atoms with Gasteiger partial charge < -0.3 is 20.7 Å². The molecule has 0 bridgehead atoms. The van der Waals surface area contributed by atoms with E-state index in [0.29, 0.717) is 23.9 Å². The van der Waals surface area contributed by atoms with Crippen LogP contribution in [0, 0.1) is 11.6 Å². The quantitative estimate of drug-likeness (QED) is 0.642. The minimum Gasteiger partial charge on any atom is -0.389 e. The summed E-state index contributed by atoms with van der Waals surface area (Å²) in [5, 5.41) is 15.0. The van der Waals surface area contributed by atoms with Gasteiger partial charge in [-0.1, -0.05) is 0 Å². The van der Waals surface area contributed by atoms with E-state index in [1.807, 2.05) is 4.57 Å². The maximum atomic E-state index is 13.7. The number of aliphatic hydroxyl groups is 1. The fraction of sp³-hybridized carbons (Fsp3) is 0.294. The van der Waals surface area contributed by atoms with Gasteiger partial charge in [0, 0.05) is 40.9 Å². The summed E-state index contributed by atoms with van der Waals surface area (Å²) >= 11 is 0. The van der Waals surface area contributed by atoms with E-state index in [1.165, 1.54) is 24.3 Å². The molecule has 120 valence electrons. The van der Waals surface area contributed by atoms with Gasteiger partial charge in [0.1, 0.15) is 11.6 Å². The van der Waals surface area contributed by atoms with Crippen molar-refractivity contribution in [2.75, 3.05) is 13.1 Å². The van der Waals surface area contributed by atoms with Crippen molar-refractivity contribution in [3.05, 3.63) is 48.0 Å². The Morgan fingerprint density at radius 2 is 1.57 bits per heavy atom. The number of rotatable bonds is 1. The van der Waals surface area contributed by atoms with Crippen LogP contribution in [0.3, 0.4) is 0 Å². The first-order chi connectivity index (χ1) is 11.1. The first kappa shape index (κ1) is 14.6. The molecule has 3 atom stereocenters. The van der Waals surface area contributed by atoms with Crippen LogP contribution >= 0.6 is 0 Å². The third kappa shape index (κ3) is 2.22. The van der Waals surface area contributed by atoms with E-state index in [4.69, 9.17) is 5.73 Å². The summed E-state index contributed by atoms with van der Waals surface area (Å²) < 4.78 is 29.3. The summed E-state index contributed by atoms with van der Waals surface area (Å²) in [7, 11) is 0. The Morgan fingerprint density at radius 3 is 2.13 bits per heavy atom. The van der Waals surface area contributed by atoms with Crippen LogP contribution in [0.2, 0.25) is 0 Å². The van der Waals surface area contributed by atoms with Crippen LogP contribution in [0.25, 0.3) is 21.8 Å². The molecule has 0 amide bonds. The zero-order valence-electron chi connectivity index (χ0n) is 12.3. The van der Waals surface area contributed by atoms with E-state index >= 15 is 0 Å². The minimum atomic E-state index is -0.731. The van der Waals surface area contributed by atoms with Crippen LogP contribution < -0.4 is 11.1 Å². The molecule has 0 aliphatic carbocycles. The van der Waals surface area contributed by atoms with Crippen molar-refractivity contribution in [3.8, 4) is 0 Å². The summed E-state index contributed by atoms with van der Waals surface area (Å²) in [4.78, 5) is 0. The summed E-state index contributed by atoms with van der Waals surface area (Å²) in [5.74, 6) is -0.750. The molecule has 3 unspecified atom stereocenters. The summed E-state index contributed by atoms with van der Waals surface area (Å²) in [5.41, 5.74) is 7.48. The predicted molar refractivity (Wildman–Crippen MR) is 85.2 cm³/mol. The Morgan fingerprint density at radius 1 is 1.00 bits per heavy atom. The molecule has 2 aromatic carbocycles. The smallest absolute Gasteiger partial charge is 0.123 e. The number of aliphatic hydroxyl groups excluding tert-OH is 1. The number of piperidine rings is 1.